The number of halogens is 2. The predicted molar refractivity (Wildman–Crippen MR) is 74.9 cm³/mol. The standard InChI is InChI=1S/C11H14BrClO4S/c1-7(2)17-11-5-9(12)8(4-10(11)16-3)6-18(13,14)15/h4-5,7H,6H2,1-3H3. The topological polar surface area (TPSA) is 52.6 Å². The Labute approximate surface area is 120 Å². The van der Waals surface area contributed by atoms with Crippen LogP contribution < -0.4 is 9.47 Å². The van der Waals surface area contributed by atoms with Crippen molar-refractivity contribution in [3.05, 3.63) is 22.2 Å². The zero-order chi connectivity index (χ0) is 13.9. The first-order valence-electron chi connectivity index (χ1n) is 5.18. The van der Waals surface area contributed by atoms with Gasteiger partial charge in [-0.15, -0.1) is 0 Å². The van der Waals surface area contributed by atoms with Crippen molar-refractivity contribution in [3.8, 4) is 11.5 Å². The lowest BCUT2D eigenvalue weighted by Gasteiger charge is -2.15. The average Bonchev–Trinajstić information content (AvgIpc) is 2.19. The monoisotopic (exact) mass is 356 g/mol. The lowest BCUT2D eigenvalue weighted by atomic mass is 10.2. The number of benzene rings is 1. The fraction of sp³-hybridized carbons (Fsp3) is 0.455. The summed E-state index contributed by atoms with van der Waals surface area (Å²) in [4.78, 5) is 0. The second-order valence-electron chi connectivity index (χ2n) is 3.94. The van der Waals surface area contributed by atoms with Crippen molar-refractivity contribution in [1.29, 1.82) is 0 Å². The highest BCUT2D eigenvalue weighted by atomic mass is 79.9. The van der Waals surface area contributed by atoms with E-state index in [-0.39, 0.29) is 11.9 Å². The summed E-state index contributed by atoms with van der Waals surface area (Å²) in [5, 5.41) is 0. The van der Waals surface area contributed by atoms with Gasteiger partial charge in [0.05, 0.1) is 19.0 Å². The molecule has 0 bridgehead atoms. The van der Waals surface area contributed by atoms with E-state index in [2.05, 4.69) is 15.9 Å². The van der Waals surface area contributed by atoms with Gasteiger partial charge in [0.15, 0.2) is 11.5 Å². The maximum atomic E-state index is 11.1. The molecule has 0 spiro atoms. The van der Waals surface area contributed by atoms with Gasteiger partial charge in [0.2, 0.25) is 9.05 Å². The minimum absolute atomic E-state index is 0.00610. The first-order valence-corrected chi connectivity index (χ1v) is 8.45. The third kappa shape index (κ3) is 4.66. The highest BCUT2D eigenvalue weighted by Crippen LogP contribution is 2.35. The molecule has 0 radical (unpaired) electrons. The normalized spacial score (nSPS) is 11.7. The summed E-state index contributed by atoms with van der Waals surface area (Å²) in [7, 11) is 3.12. The molecule has 0 atom stereocenters. The largest absolute Gasteiger partial charge is 0.493 e. The van der Waals surface area contributed by atoms with E-state index in [1.165, 1.54) is 7.11 Å². The third-order valence-electron chi connectivity index (χ3n) is 2.02. The molecule has 1 aromatic rings. The Morgan fingerprint density at radius 3 is 2.39 bits per heavy atom. The van der Waals surface area contributed by atoms with Crippen LogP contribution in [0.2, 0.25) is 0 Å². The van der Waals surface area contributed by atoms with Crippen LogP contribution in [-0.4, -0.2) is 21.6 Å². The number of rotatable bonds is 5. The van der Waals surface area contributed by atoms with Gasteiger partial charge in [-0.1, -0.05) is 15.9 Å². The first kappa shape index (κ1) is 15.6. The summed E-state index contributed by atoms with van der Waals surface area (Å²) in [6.07, 6.45) is -0.00610. The first-order chi connectivity index (χ1) is 8.23. The fourth-order valence-corrected chi connectivity index (χ4v) is 2.99. The van der Waals surface area contributed by atoms with E-state index in [9.17, 15) is 8.42 Å². The highest BCUT2D eigenvalue weighted by Gasteiger charge is 2.15. The summed E-state index contributed by atoms with van der Waals surface area (Å²) in [6.45, 7) is 3.79. The van der Waals surface area contributed by atoms with E-state index in [0.29, 0.717) is 21.5 Å². The Balaban J connectivity index is 3.18. The lowest BCUT2D eigenvalue weighted by molar-refractivity contribution is 0.230. The van der Waals surface area contributed by atoms with Gasteiger partial charge in [0, 0.05) is 15.2 Å². The summed E-state index contributed by atoms with van der Waals surface area (Å²) in [5.41, 5.74) is 0.526. The molecule has 0 aliphatic carbocycles. The number of methoxy groups -OCH3 is 1. The van der Waals surface area contributed by atoms with E-state index >= 15 is 0 Å². The minimum Gasteiger partial charge on any atom is -0.493 e. The Hall–Kier alpha value is -0.460. The van der Waals surface area contributed by atoms with Gasteiger partial charge in [-0.05, 0) is 31.5 Å². The van der Waals surface area contributed by atoms with Crippen molar-refractivity contribution in [3.63, 3.8) is 0 Å². The van der Waals surface area contributed by atoms with Crippen LogP contribution in [0.3, 0.4) is 0 Å². The maximum absolute atomic E-state index is 11.1. The maximum Gasteiger partial charge on any atom is 0.236 e. The quantitative estimate of drug-likeness (QED) is 0.759. The second kappa shape index (κ2) is 6.12. The molecule has 0 fully saturated rings. The van der Waals surface area contributed by atoms with Gasteiger partial charge < -0.3 is 9.47 Å². The van der Waals surface area contributed by atoms with Gasteiger partial charge in [0.1, 0.15) is 0 Å². The summed E-state index contributed by atoms with van der Waals surface area (Å²) in [5.74, 6) is 0.755. The second-order valence-corrected chi connectivity index (χ2v) is 7.58. The smallest absolute Gasteiger partial charge is 0.236 e. The molecule has 0 aliphatic heterocycles. The van der Waals surface area contributed by atoms with Crippen LogP contribution >= 0.6 is 26.6 Å². The number of hydrogen-bond donors (Lipinski definition) is 0. The van der Waals surface area contributed by atoms with E-state index in [1.807, 2.05) is 13.8 Å². The van der Waals surface area contributed by atoms with Crippen molar-refractivity contribution in [2.45, 2.75) is 25.7 Å². The third-order valence-corrected chi connectivity index (χ3v) is 3.74. The van der Waals surface area contributed by atoms with Crippen LogP contribution in [0.4, 0.5) is 0 Å². The molecule has 0 saturated heterocycles. The molecular weight excluding hydrogens is 344 g/mol. The van der Waals surface area contributed by atoms with Crippen LogP contribution in [0.15, 0.2) is 16.6 Å². The zero-order valence-corrected chi connectivity index (χ0v) is 13.4. The van der Waals surface area contributed by atoms with Crippen LogP contribution in [-0.2, 0) is 14.8 Å². The van der Waals surface area contributed by atoms with E-state index in [0.717, 1.165) is 0 Å². The molecule has 4 nitrogen and oxygen atoms in total. The lowest BCUT2D eigenvalue weighted by Crippen LogP contribution is -2.07. The molecule has 0 amide bonds. The minimum atomic E-state index is -3.61. The van der Waals surface area contributed by atoms with Crippen LogP contribution in [0.5, 0.6) is 11.5 Å². The number of ether oxygens (including phenoxy) is 2. The molecule has 102 valence electrons. The molecule has 1 rings (SSSR count). The van der Waals surface area contributed by atoms with E-state index in [1.54, 1.807) is 12.1 Å². The average molecular weight is 358 g/mol. The fourth-order valence-electron chi connectivity index (χ4n) is 1.38. The molecule has 0 heterocycles. The van der Waals surface area contributed by atoms with Crippen molar-refractivity contribution >= 4 is 35.7 Å². The summed E-state index contributed by atoms with van der Waals surface area (Å²) in [6, 6.07) is 3.28. The Morgan fingerprint density at radius 1 is 1.33 bits per heavy atom. The van der Waals surface area contributed by atoms with Crippen molar-refractivity contribution in [2.75, 3.05) is 7.11 Å². The molecule has 0 N–H and O–H groups in total. The van der Waals surface area contributed by atoms with Crippen LogP contribution in [0.1, 0.15) is 19.4 Å². The molecule has 1 aromatic carbocycles. The molecule has 0 aromatic heterocycles. The number of hydrogen-bond acceptors (Lipinski definition) is 4. The Kier molecular flexibility index (Phi) is 5.31. The Bertz CT molecular complexity index is 528. The SMILES string of the molecule is COc1cc(CS(=O)(=O)Cl)c(Br)cc1OC(C)C. The summed E-state index contributed by atoms with van der Waals surface area (Å²) >= 11 is 3.29. The van der Waals surface area contributed by atoms with Crippen molar-refractivity contribution in [2.24, 2.45) is 0 Å². The predicted octanol–water partition coefficient (Wildman–Crippen LogP) is 3.31. The van der Waals surface area contributed by atoms with Gasteiger partial charge >= 0.3 is 0 Å². The van der Waals surface area contributed by atoms with Crippen molar-refractivity contribution in [1.82, 2.24) is 0 Å². The Morgan fingerprint density at radius 2 is 1.94 bits per heavy atom. The van der Waals surface area contributed by atoms with Gasteiger partial charge in [-0.2, -0.15) is 0 Å². The van der Waals surface area contributed by atoms with E-state index in [4.69, 9.17) is 20.2 Å². The zero-order valence-electron chi connectivity index (χ0n) is 10.2. The molecular formula is C11H14BrClO4S. The molecule has 0 unspecified atom stereocenters. The molecule has 0 aliphatic rings. The van der Waals surface area contributed by atoms with Crippen LogP contribution in [0, 0.1) is 0 Å². The van der Waals surface area contributed by atoms with Crippen LogP contribution in [0.25, 0.3) is 0 Å². The van der Waals surface area contributed by atoms with E-state index < -0.39 is 9.05 Å². The molecule has 7 heteroatoms. The molecule has 18 heavy (non-hydrogen) atoms. The van der Waals surface area contributed by atoms with Gasteiger partial charge in [0.25, 0.3) is 0 Å². The van der Waals surface area contributed by atoms with Gasteiger partial charge in [-0.25, -0.2) is 8.42 Å². The molecule has 0 saturated carbocycles. The van der Waals surface area contributed by atoms with Crippen molar-refractivity contribution < 1.29 is 17.9 Å². The summed E-state index contributed by atoms with van der Waals surface area (Å²) < 4.78 is 33.5. The highest BCUT2D eigenvalue weighted by molar-refractivity contribution is 9.10. The van der Waals surface area contributed by atoms with Gasteiger partial charge in [-0.3, -0.25) is 0 Å².